The average Bonchev–Trinajstić information content (AvgIpc) is 3.21. The lowest BCUT2D eigenvalue weighted by molar-refractivity contribution is 0.302. The molecule has 94 valence electrons. The van der Waals surface area contributed by atoms with E-state index in [1.165, 1.54) is 25.7 Å². The van der Waals surface area contributed by atoms with Gasteiger partial charge in [0, 0.05) is 0 Å². The van der Waals surface area contributed by atoms with E-state index in [0.29, 0.717) is 0 Å². The molecule has 4 unspecified atom stereocenters. The number of rotatable bonds is 0. The minimum absolute atomic E-state index is 0.810. The van der Waals surface area contributed by atoms with Crippen LogP contribution >= 0.6 is 0 Å². The van der Waals surface area contributed by atoms with Crippen molar-refractivity contribution in [3.63, 3.8) is 0 Å². The van der Waals surface area contributed by atoms with Crippen LogP contribution in [-0.2, 0) is 0 Å². The zero-order valence-electron chi connectivity index (χ0n) is 10.9. The first-order valence-corrected chi connectivity index (χ1v) is 7.60. The molecule has 4 atom stereocenters. The van der Waals surface area contributed by atoms with Gasteiger partial charge < -0.3 is 0 Å². The van der Waals surface area contributed by atoms with Crippen LogP contribution in [0.2, 0.25) is 0 Å². The molecule has 4 bridgehead atoms. The number of fused-ring (bicyclic) bond motifs is 7. The number of hydrogen-bond donors (Lipinski definition) is 0. The Bertz CT molecular complexity index is 387. The molecular weight excluding hydrogens is 216 g/mol. The first kappa shape index (κ1) is 10.8. The maximum atomic E-state index is 2.46. The van der Waals surface area contributed by atoms with Crippen LogP contribution in [0.5, 0.6) is 0 Å². The molecule has 5 aliphatic rings. The van der Waals surface area contributed by atoms with Gasteiger partial charge in [-0.1, -0.05) is 48.6 Å². The van der Waals surface area contributed by atoms with Gasteiger partial charge in [-0.15, -0.1) is 0 Å². The van der Waals surface area contributed by atoms with Gasteiger partial charge in [0.1, 0.15) is 0 Å². The second-order valence-corrected chi connectivity index (χ2v) is 6.55. The Labute approximate surface area is 110 Å². The predicted molar refractivity (Wildman–Crippen MR) is 76.0 cm³/mol. The summed E-state index contributed by atoms with van der Waals surface area (Å²) >= 11 is 0. The SMILES string of the molecule is C1=CC2C=CC1C2.C1=CCC2C3C=CC(C3)C2C1. The van der Waals surface area contributed by atoms with Gasteiger partial charge in [-0.05, 0) is 61.2 Å². The summed E-state index contributed by atoms with van der Waals surface area (Å²) in [6.45, 7) is 0. The second kappa shape index (κ2) is 4.26. The van der Waals surface area contributed by atoms with E-state index in [0.717, 1.165) is 35.5 Å². The van der Waals surface area contributed by atoms with Crippen LogP contribution in [0.1, 0.15) is 25.7 Å². The summed E-state index contributed by atoms with van der Waals surface area (Å²) in [6, 6.07) is 0. The Balaban J connectivity index is 0.000000109. The summed E-state index contributed by atoms with van der Waals surface area (Å²) in [5.74, 6) is 5.57. The molecule has 0 heterocycles. The van der Waals surface area contributed by atoms with E-state index < -0.39 is 0 Å². The molecule has 18 heavy (non-hydrogen) atoms. The smallest absolute Gasteiger partial charge is 0.00445 e. The van der Waals surface area contributed by atoms with Gasteiger partial charge in [0.05, 0.1) is 0 Å². The van der Waals surface area contributed by atoms with E-state index >= 15 is 0 Å². The third kappa shape index (κ3) is 1.74. The number of hydrogen-bond acceptors (Lipinski definition) is 0. The summed E-state index contributed by atoms with van der Waals surface area (Å²) < 4.78 is 0. The third-order valence-electron chi connectivity index (χ3n) is 5.54. The van der Waals surface area contributed by atoms with Gasteiger partial charge in [0.2, 0.25) is 0 Å². The van der Waals surface area contributed by atoms with Crippen molar-refractivity contribution in [1.29, 1.82) is 0 Å². The molecule has 0 saturated heterocycles. The fourth-order valence-electron chi connectivity index (χ4n) is 4.56. The van der Waals surface area contributed by atoms with Crippen molar-refractivity contribution in [2.24, 2.45) is 35.5 Å². The van der Waals surface area contributed by atoms with Gasteiger partial charge in [-0.3, -0.25) is 0 Å². The summed E-state index contributed by atoms with van der Waals surface area (Å²) in [5.41, 5.74) is 0. The van der Waals surface area contributed by atoms with Crippen LogP contribution in [0, 0.1) is 35.5 Å². The first-order valence-electron chi connectivity index (χ1n) is 7.60. The Morgan fingerprint density at radius 3 is 1.44 bits per heavy atom. The summed E-state index contributed by atoms with van der Waals surface area (Å²) in [4.78, 5) is 0. The molecule has 0 amide bonds. The lowest BCUT2D eigenvalue weighted by Crippen LogP contribution is -2.20. The molecule has 1 saturated carbocycles. The van der Waals surface area contributed by atoms with Crippen LogP contribution in [0.25, 0.3) is 0 Å². The largest absolute Gasteiger partial charge is 0.0882 e. The highest BCUT2D eigenvalue weighted by Gasteiger charge is 2.43. The van der Waals surface area contributed by atoms with Crippen molar-refractivity contribution in [3.05, 3.63) is 48.6 Å². The van der Waals surface area contributed by atoms with Crippen LogP contribution in [0.15, 0.2) is 48.6 Å². The molecule has 0 aliphatic heterocycles. The Morgan fingerprint density at radius 2 is 1.06 bits per heavy atom. The highest BCUT2D eigenvalue weighted by molar-refractivity contribution is 5.21. The zero-order chi connectivity index (χ0) is 11.9. The van der Waals surface area contributed by atoms with E-state index in [2.05, 4.69) is 48.6 Å². The molecule has 0 N–H and O–H groups in total. The van der Waals surface area contributed by atoms with E-state index in [4.69, 9.17) is 0 Å². The predicted octanol–water partition coefficient (Wildman–Crippen LogP) is 4.52. The fourth-order valence-corrected chi connectivity index (χ4v) is 4.56. The third-order valence-corrected chi connectivity index (χ3v) is 5.54. The average molecular weight is 238 g/mol. The number of allylic oxidation sites excluding steroid dienone is 8. The van der Waals surface area contributed by atoms with Gasteiger partial charge in [-0.2, -0.15) is 0 Å². The molecule has 0 spiro atoms. The molecule has 1 fully saturated rings. The quantitative estimate of drug-likeness (QED) is 0.544. The van der Waals surface area contributed by atoms with Crippen molar-refractivity contribution in [2.75, 3.05) is 0 Å². The molecule has 0 aromatic heterocycles. The molecule has 0 radical (unpaired) electrons. The van der Waals surface area contributed by atoms with Gasteiger partial charge >= 0.3 is 0 Å². The minimum atomic E-state index is 0.810. The van der Waals surface area contributed by atoms with Crippen LogP contribution in [-0.4, -0.2) is 0 Å². The van der Waals surface area contributed by atoms with Crippen molar-refractivity contribution in [3.8, 4) is 0 Å². The summed E-state index contributed by atoms with van der Waals surface area (Å²) in [7, 11) is 0. The Hall–Kier alpha value is -1.04. The Kier molecular flexibility index (Phi) is 2.57. The molecular formula is C18H22. The topological polar surface area (TPSA) is 0 Å². The normalized spacial score (nSPS) is 48.4. The molecule has 0 aromatic carbocycles. The zero-order valence-corrected chi connectivity index (χ0v) is 10.9. The van der Waals surface area contributed by atoms with Gasteiger partial charge in [-0.25, -0.2) is 0 Å². The monoisotopic (exact) mass is 238 g/mol. The van der Waals surface area contributed by atoms with Gasteiger partial charge in [0.15, 0.2) is 0 Å². The van der Waals surface area contributed by atoms with Crippen molar-refractivity contribution in [1.82, 2.24) is 0 Å². The Morgan fingerprint density at radius 1 is 0.556 bits per heavy atom. The van der Waals surface area contributed by atoms with E-state index in [-0.39, 0.29) is 0 Å². The highest BCUT2D eigenvalue weighted by atomic mass is 14.5. The standard InChI is InChI=1S/C11H14.C7H8/c1-2-4-11-9-6-5-8(7-9)10(11)3-1;1-2-7-4-3-6(1)5-7/h1-2,5-6,8-11H,3-4,7H2;1-4,6-7H,5H2. The lowest BCUT2D eigenvalue weighted by Gasteiger charge is -2.28. The maximum Gasteiger partial charge on any atom is -0.00445 e. The van der Waals surface area contributed by atoms with Crippen LogP contribution < -0.4 is 0 Å². The first-order chi connectivity index (χ1) is 8.90. The van der Waals surface area contributed by atoms with Gasteiger partial charge in [0.25, 0.3) is 0 Å². The molecule has 5 rings (SSSR count). The van der Waals surface area contributed by atoms with E-state index in [1.54, 1.807) is 0 Å². The lowest BCUT2D eigenvalue weighted by atomic mass is 9.76. The van der Waals surface area contributed by atoms with Crippen molar-refractivity contribution < 1.29 is 0 Å². The molecule has 5 aliphatic carbocycles. The van der Waals surface area contributed by atoms with Crippen LogP contribution in [0.3, 0.4) is 0 Å². The summed E-state index contributed by atoms with van der Waals surface area (Å²) in [6.07, 6.45) is 24.4. The van der Waals surface area contributed by atoms with Crippen molar-refractivity contribution >= 4 is 0 Å². The molecule has 0 nitrogen and oxygen atoms in total. The second-order valence-electron chi connectivity index (χ2n) is 6.55. The van der Waals surface area contributed by atoms with E-state index in [1.807, 2.05) is 0 Å². The summed E-state index contributed by atoms with van der Waals surface area (Å²) in [5, 5.41) is 0. The van der Waals surface area contributed by atoms with Crippen molar-refractivity contribution in [2.45, 2.75) is 25.7 Å². The molecule has 0 heteroatoms. The highest BCUT2D eigenvalue weighted by Crippen LogP contribution is 2.52. The minimum Gasteiger partial charge on any atom is -0.0882 e. The van der Waals surface area contributed by atoms with Crippen LogP contribution in [0.4, 0.5) is 0 Å². The molecule has 0 aromatic rings. The fraction of sp³-hybridized carbons (Fsp3) is 0.556. The maximum absolute atomic E-state index is 2.46. The van der Waals surface area contributed by atoms with E-state index in [9.17, 15) is 0 Å².